The Hall–Kier alpha value is -0.0800. The minimum Gasteiger partial charge on any atom is -0.326 e. The van der Waals surface area contributed by atoms with E-state index in [0.717, 1.165) is 6.54 Å². The predicted octanol–water partition coefficient (Wildman–Crippen LogP) is 0.819. The summed E-state index contributed by atoms with van der Waals surface area (Å²) in [5, 5.41) is 0. The van der Waals surface area contributed by atoms with Crippen molar-refractivity contribution in [2.45, 2.75) is 32.2 Å². The molecule has 1 heterocycles. The highest BCUT2D eigenvalue weighted by atomic mass is 15.2. The van der Waals surface area contributed by atoms with Gasteiger partial charge in [0.15, 0.2) is 0 Å². The summed E-state index contributed by atoms with van der Waals surface area (Å²) in [6, 6.07) is 0.456. The van der Waals surface area contributed by atoms with Gasteiger partial charge in [0.1, 0.15) is 0 Å². The van der Waals surface area contributed by atoms with Crippen LogP contribution in [0.1, 0.15) is 26.2 Å². The van der Waals surface area contributed by atoms with Crippen LogP contribution in [0.3, 0.4) is 0 Å². The van der Waals surface area contributed by atoms with Crippen molar-refractivity contribution in [1.29, 1.82) is 0 Å². The predicted molar refractivity (Wildman–Crippen MR) is 46.4 cm³/mol. The Morgan fingerprint density at radius 2 is 2.27 bits per heavy atom. The molecule has 2 aliphatic rings. The zero-order valence-electron chi connectivity index (χ0n) is 7.34. The second-order valence-electron chi connectivity index (χ2n) is 4.59. The molecule has 0 aromatic carbocycles. The molecular formula is C9H18N2. The van der Waals surface area contributed by atoms with Gasteiger partial charge in [-0.1, -0.05) is 6.92 Å². The average molecular weight is 154 g/mol. The van der Waals surface area contributed by atoms with Gasteiger partial charge < -0.3 is 10.6 Å². The molecule has 0 radical (unpaired) electrons. The summed E-state index contributed by atoms with van der Waals surface area (Å²) >= 11 is 0. The number of likely N-dealkylation sites (tertiary alicyclic amines) is 1. The van der Waals surface area contributed by atoms with Crippen LogP contribution in [0.15, 0.2) is 0 Å². The van der Waals surface area contributed by atoms with Crippen LogP contribution in [0, 0.1) is 5.41 Å². The Bertz CT molecular complexity index is 152. The van der Waals surface area contributed by atoms with Crippen LogP contribution in [0.5, 0.6) is 0 Å². The third-order valence-corrected chi connectivity index (χ3v) is 3.02. The molecule has 0 spiro atoms. The van der Waals surface area contributed by atoms with E-state index in [0.29, 0.717) is 11.5 Å². The number of nitrogens with two attached hydrogens (primary N) is 1. The Morgan fingerprint density at radius 3 is 2.73 bits per heavy atom. The fourth-order valence-corrected chi connectivity index (χ4v) is 1.92. The van der Waals surface area contributed by atoms with Crippen LogP contribution < -0.4 is 5.73 Å². The van der Waals surface area contributed by atoms with Crippen LogP contribution in [-0.4, -0.2) is 30.6 Å². The molecule has 0 aromatic heterocycles. The molecule has 2 N–H and O–H groups in total. The highest BCUT2D eigenvalue weighted by Gasteiger charge is 2.39. The van der Waals surface area contributed by atoms with Crippen LogP contribution in [0.4, 0.5) is 0 Å². The molecule has 11 heavy (non-hydrogen) atoms. The first-order valence-corrected chi connectivity index (χ1v) is 4.66. The van der Waals surface area contributed by atoms with Gasteiger partial charge in [0.2, 0.25) is 0 Å². The van der Waals surface area contributed by atoms with Crippen molar-refractivity contribution in [3.63, 3.8) is 0 Å². The smallest absolute Gasteiger partial charge is 0.0180 e. The van der Waals surface area contributed by atoms with E-state index in [1.54, 1.807) is 0 Å². The van der Waals surface area contributed by atoms with Crippen molar-refractivity contribution in [2.24, 2.45) is 11.1 Å². The van der Waals surface area contributed by atoms with Crippen molar-refractivity contribution in [3.8, 4) is 0 Å². The van der Waals surface area contributed by atoms with E-state index < -0.39 is 0 Å². The molecule has 1 aliphatic heterocycles. The van der Waals surface area contributed by atoms with Gasteiger partial charge in [-0.15, -0.1) is 0 Å². The average Bonchev–Trinajstić information content (AvgIpc) is 2.49. The van der Waals surface area contributed by atoms with Gasteiger partial charge in [0.25, 0.3) is 0 Å². The maximum absolute atomic E-state index is 5.82. The van der Waals surface area contributed by atoms with E-state index in [9.17, 15) is 0 Å². The molecule has 1 saturated heterocycles. The quantitative estimate of drug-likeness (QED) is 0.638. The van der Waals surface area contributed by atoms with E-state index in [1.165, 1.54) is 32.4 Å². The molecule has 2 nitrogen and oxygen atoms in total. The minimum absolute atomic E-state index is 0.456. The monoisotopic (exact) mass is 154 g/mol. The molecular weight excluding hydrogens is 136 g/mol. The summed E-state index contributed by atoms with van der Waals surface area (Å²) in [6.45, 7) is 6.05. The van der Waals surface area contributed by atoms with Crippen LogP contribution in [0.2, 0.25) is 0 Å². The van der Waals surface area contributed by atoms with Crippen LogP contribution in [0.25, 0.3) is 0 Å². The van der Waals surface area contributed by atoms with E-state index >= 15 is 0 Å². The first kappa shape index (κ1) is 7.56. The van der Waals surface area contributed by atoms with E-state index in [4.69, 9.17) is 5.73 Å². The molecule has 1 atom stereocenters. The summed E-state index contributed by atoms with van der Waals surface area (Å²) < 4.78 is 0. The lowest BCUT2D eigenvalue weighted by atomic mass is 10.1. The summed E-state index contributed by atoms with van der Waals surface area (Å²) in [7, 11) is 0. The number of hydrogen-bond donors (Lipinski definition) is 1. The molecule has 1 saturated carbocycles. The van der Waals surface area contributed by atoms with Crippen molar-refractivity contribution in [3.05, 3.63) is 0 Å². The lowest BCUT2D eigenvalue weighted by Gasteiger charge is -2.19. The first-order valence-electron chi connectivity index (χ1n) is 4.66. The molecule has 64 valence electrons. The zero-order chi connectivity index (χ0) is 7.90. The topological polar surface area (TPSA) is 29.3 Å². The van der Waals surface area contributed by atoms with Crippen LogP contribution in [-0.2, 0) is 0 Å². The van der Waals surface area contributed by atoms with Crippen LogP contribution >= 0.6 is 0 Å². The Morgan fingerprint density at radius 1 is 1.55 bits per heavy atom. The maximum atomic E-state index is 5.82. The second-order valence-corrected chi connectivity index (χ2v) is 4.59. The van der Waals surface area contributed by atoms with E-state index in [2.05, 4.69) is 11.8 Å². The molecule has 0 aromatic rings. The Balaban J connectivity index is 1.79. The van der Waals surface area contributed by atoms with Gasteiger partial charge >= 0.3 is 0 Å². The van der Waals surface area contributed by atoms with Gasteiger partial charge in [-0.2, -0.15) is 0 Å². The van der Waals surface area contributed by atoms with Gasteiger partial charge in [-0.05, 0) is 31.2 Å². The van der Waals surface area contributed by atoms with Crippen molar-refractivity contribution in [1.82, 2.24) is 4.90 Å². The third-order valence-electron chi connectivity index (χ3n) is 3.02. The molecule has 0 amide bonds. The normalized spacial score (nSPS) is 36.0. The fraction of sp³-hybridized carbons (Fsp3) is 1.00. The number of hydrogen-bond acceptors (Lipinski definition) is 2. The highest BCUT2D eigenvalue weighted by molar-refractivity contribution is 4.93. The highest BCUT2D eigenvalue weighted by Crippen LogP contribution is 2.45. The van der Waals surface area contributed by atoms with Gasteiger partial charge in [-0.3, -0.25) is 0 Å². The van der Waals surface area contributed by atoms with Gasteiger partial charge in [-0.25, -0.2) is 0 Å². The molecule has 0 bridgehead atoms. The lowest BCUT2D eigenvalue weighted by Crippen LogP contribution is -2.30. The van der Waals surface area contributed by atoms with E-state index in [-0.39, 0.29) is 0 Å². The number of rotatable bonds is 2. The molecule has 0 unspecified atom stereocenters. The van der Waals surface area contributed by atoms with Gasteiger partial charge in [0, 0.05) is 19.1 Å². The first-order chi connectivity index (χ1) is 5.18. The molecule has 2 heteroatoms. The summed E-state index contributed by atoms with van der Waals surface area (Å²) in [5.41, 5.74) is 6.49. The molecule has 2 fully saturated rings. The van der Waals surface area contributed by atoms with E-state index in [1.807, 2.05) is 0 Å². The van der Waals surface area contributed by atoms with Crippen molar-refractivity contribution in [2.75, 3.05) is 19.6 Å². The standard InChI is InChI=1S/C9H18N2/c1-9(3-4-9)7-11-5-2-8(10)6-11/h8H,2-7,10H2,1H3/t8-/m0/s1. The van der Waals surface area contributed by atoms with Gasteiger partial charge in [0.05, 0.1) is 0 Å². The summed E-state index contributed by atoms with van der Waals surface area (Å²) in [4.78, 5) is 2.53. The fourth-order valence-electron chi connectivity index (χ4n) is 1.92. The SMILES string of the molecule is CC1(CN2CC[C@H](N)C2)CC1. The third kappa shape index (κ3) is 1.74. The molecule has 2 rings (SSSR count). The maximum Gasteiger partial charge on any atom is 0.0180 e. The lowest BCUT2D eigenvalue weighted by molar-refractivity contribution is 0.273. The van der Waals surface area contributed by atoms with Crippen molar-refractivity contribution >= 4 is 0 Å². The minimum atomic E-state index is 0.456. The summed E-state index contributed by atoms with van der Waals surface area (Å²) in [6.07, 6.45) is 4.06. The zero-order valence-corrected chi connectivity index (χ0v) is 7.34. The number of nitrogens with zero attached hydrogens (tertiary/aromatic N) is 1. The Kier molecular flexibility index (Phi) is 1.69. The molecule has 1 aliphatic carbocycles. The second kappa shape index (κ2) is 2.46. The largest absolute Gasteiger partial charge is 0.326 e. The summed E-state index contributed by atoms with van der Waals surface area (Å²) in [5.74, 6) is 0. The Labute approximate surface area is 68.7 Å². The van der Waals surface area contributed by atoms with Crippen molar-refractivity contribution < 1.29 is 0 Å².